The molecule has 0 fully saturated rings. The van der Waals surface area contributed by atoms with Crippen molar-refractivity contribution in [2.24, 2.45) is 0 Å². The maximum atomic E-state index is 10.5. The summed E-state index contributed by atoms with van der Waals surface area (Å²) in [7, 11) is 0. The second-order valence-electron chi connectivity index (χ2n) is 2.19. The molecule has 1 aromatic heterocycles. The van der Waals surface area contributed by atoms with Crippen molar-refractivity contribution in [3.63, 3.8) is 0 Å². The third-order valence-electron chi connectivity index (χ3n) is 1.36. The van der Waals surface area contributed by atoms with Crippen molar-refractivity contribution in [3.8, 4) is 0 Å². The molecule has 1 rings (SSSR count). The summed E-state index contributed by atoms with van der Waals surface area (Å²) >= 11 is 0. The average molecular weight is 183 g/mol. The number of hydrogen-bond acceptors (Lipinski definition) is 5. The van der Waals surface area contributed by atoms with Gasteiger partial charge in [-0.1, -0.05) is 0 Å². The lowest BCUT2D eigenvalue weighted by Gasteiger charge is -1.98. The largest absolute Gasteiger partial charge is 0.477 e. The number of anilines is 1. The number of aromatic carboxylic acids is 1. The number of hydrogen-bond donors (Lipinski definition) is 2. The number of nitrogens with zero attached hydrogens (tertiary/aromatic N) is 2. The quantitative estimate of drug-likeness (QED) is 0.501. The van der Waals surface area contributed by atoms with E-state index in [1.165, 1.54) is 0 Å². The van der Waals surface area contributed by atoms with E-state index in [0.29, 0.717) is 0 Å². The van der Waals surface area contributed by atoms with Gasteiger partial charge in [0, 0.05) is 6.20 Å². The van der Waals surface area contributed by atoms with Crippen molar-refractivity contribution >= 4 is 17.3 Å². The minimum atomic E-state index is -1.42. The van der Waals surface area contributed by atoms with Crippen LogP contribution in [0.15, 0.2) is 12.4 Å². The maximum Gasteiger partial charge on any atom is 0.344 e. The van der Waals surface area contributed by atoms with E-state index in [0.717, 1.165) is 12.4 Å². The zero-order valence-corrected chi connectivity index (χ0v) is 6.30. The molecule has 13 heavy (non-hydrogen) atoms. The lowest BCUT2D eigenvalue weighted by molar-refractivity contribution is -0.384. The van der Waals surface area contributed by atoms with Gasteiger partial charge in [-0.2, -0.15) is 0 Å². The highest BCUT2D eigenvalue weighted by molar-refractivity contribution is 5.94. The van der Waals surface area contributed by atoms with E-state index >= 15 is 0 Å². The summed E-state index contributed by atoms with van der Waals surface area (Å²) < 4.78 is 0. The summed E-state index contributed by atoms with van der Waals surface area (Å²) in [5.41, 5.74) is 3.80. The van der Waals surface area contributed by atoms with E-state index in [9.17, 15) is 14.9 Å². The van der Waals surface area contributed by atoms with Crippen molar-refractivity contribution in [3.05, 3.63) is 28.1 Å². The summed E-state index contributed by atoms with van der Waals surface area (Å²) in [5, 5.41) is 18.9. The van der Waals surface area contributed by atoms with Crippen LogP contribution in [0.2, 0.25) is 0 Å². The van der Waals surface area contributed by atoms with E-state index in [2.05, 4.69) is 4.98 Å². The van der Waals surface area contributed by atoms with Crippen molar-refractivity contribution in [1.82, 2.24) is 4.98 Å². The Morgan fingerprint density at radius 2 is 2.23 bits per heavy atom. The monoisotopic (exact) mass is 183 g/mol. The van der Waals surface area contributed by atoms with E-state index in [1.807, 2.05) is 0 Å². The Kier molecular flexibility index (Phi) is 2.09. The van der Waals surface area contributed by atoms with Crippen LogP contribution in [0.25, 0.3) is 0 Å². The Hall–Kier alpha value is -2.18. The molecule has 0 saturated heterocycles. The van der Waals surface area contributed by atoms with Crippen molar-refractivity contribution in [2.45, 2.75) is 0 Å². The van der Waals surface area contributed by atoms with E-state index in [4.69, 9.17) is 10.8 Å². The molecule has 68 valence electrons. The first-order valence-corrected chi connectivity index (χ1v) is 3.15. The lowest BCUT2D eigenvalue weighted by Crippen LogP contribution is -2.06. The molecule has 0 unspecified atom stereocenters. The molecule has 7 nitrogen and oxygen atoms in total. The standard InChI is InChI=1S/C6H5N3O4/c7-4-2-8-1-3(6(10)11)5(4)9(12)13/h1-2H,7H2,(H,10,11). The normalized spacial score (nSPS) is 9.54. The molecule has 0 aromatic carbocycles. The van der Waals surface area contributed by atoms with Crippen LogP contribution in [-0.2, 0) is 0 Å². The number of nitro groups is 1. The van der Waals surface area contributed by atoms with Gasteiger partial charge in [0.2, 0.25) is 0 Å². The Morgan fingerprint density at radius 3 is 2.62 bits per heavy atom. The number of nitrogen functional groups attached to an aromatic ring is 1. The van der Waals surface area contributed by atoms with Gasteiger partial charge in [0.1, 0.15) is 5.69 Å². The van der Waals surface area contributed by atoms with E-state index in [1.54, 1.807) is 0 Å². The predicted octanol–water partition coefficient (Wildman–Crippen LogP) is 0.270. The SMILES string of the molecule is Nc1cncc(C(=O)O)c1[N+](=O)[O-]. The molecule has 0 aliphatic rings. The number of carboxylic acids is 1. The van der Waals surface area contributed by atoms with Gasteiger partial charge in [-0.3, -0.25) is 15.1 Å². The lowest BCUT2D eigenvalue weighted by atomic mass is 10.2. The molecule has 3 N–H and O–H groups in total. The van der Waals surface area contributed by atoms with Crippen molar-refractivity contribution < 1.29 is 14.8 Å². The smallest absolute Gasteiger partial charge is 0.344 e. The summed E-state index contributed by atoms with van der Waals surface area (Å²) in [4.78, 5) is 23.5. The molecule has 0 aliphatic carbocycles. The molecule has 0 saturated carbocycles. The van der Waals surface area contributed by atoms with Crippen molar-refractivity contribution in [2.75, 3.05) is 5.73 Å². The maximum absolute atomic E-state index is 10.5. The number of carbonyl (C=O) groups is 1. The van der Waals surface area contributed by atoms with E-state index < -0.39 is 22.1 Å². The van der Waals surface area contributed by atoms with Gasteiger partial charge in [-0.15, -0.1) is 0 Å². The zero-order chi connectivity index (χ0) is 10.0. The van der Waals surface area contributed by atoms with Gasteiger partial charge in [-0.25, -0.2) is 4.79 Å². The summed E-state index contributed by atoms with van der Waals surface area (Å²) in [6, 6.07) is 0. The van der Waals surface area contributed by atoms with Crippen LogP contribution in [0.5, 0.6) is 0 Å². The molecule has 0 atom stereocenters. The fourth-order valence-electron chi connectivity index (χ4n) is 0.830. The first-order chi connectivity index (χ1) is 6.04. The number of nitrogens with two attached hydrogens (primary N) is 1. The first kappa shape index (κ1) is 8.91. The Labute approximate surface area is 72.0 Å². The van der Waals surface area contributed by atoms with Gasteiger partial charge < -0.3 is 10.8 Å². The third-order valence-corrected chi connectivity index (χ3v) is 1.36. The molecule has 0 radical (unpaired) electrons. The summed E-state index contributed by atoms with van der Waals surface area (Å²) in [6.45, 7) is 0. The number of aromatic nitrogens is 1. The predicted molar refractivity (Wildman–Crippen MR) is 42.3 cm³/mol. The highest BCUT2D eigenvalue weighted by Gasteiger charge is 2.23. The number of pyridine rings is 1. The van der Waals surface area contributed by atoms with Crippen LogP contribution in [0.1, 0.15) is 10.4 Å². The van der Waals surface area contributed by atoms with Crippen LogP contribution in [-0.4, -0.2) is 21.0 Å². The number of carboxylic acid groups (broad SMARTS) is 1. The topological polar surface area (TPSA) is 119 Å². The molecule has 1 aromatic rings. The van der Waals surface area contributed by atoms with Gasteiger partial charge in [0.25, 0.3) is 0 Å². The van der Waals surface area contributed by atoms with Gasteiger partial charge in [-0.05, 0) is 0 Å². The first-order valence-electron chi connectivity index (χ1n) is 3.15. The highest BCUT2D eigenvalue weighted by Crippen LogP contribution is 2.24. The molecule has 7 heteroatoms. The van der Waals surface area contributed by atoms with Crippen LogP contribution in [0, 0.1) is 10.1 Å². The molecular formula is C6H5N3O4. The van der Waals surface area contributed by atoms with Crippen LogP contribution < -0.4 is 5.73 Å². The van der Waals surface area contributed by atoms with Gasteiger partial charge in [0.05, 0.1) is 11.1 Å². The second kappa shape index (κ2) is 3.05. The van der Waals surface area contributed by atoms with Crippen LogP contribution >= 0.6 is 0 Å². The highest BCUT2D eigenvalue weighted by atomic mass is 16.6. The van der Waals surface area contributed by atoms with Crippen molar-refractivity contribution in [1.29, 1.82) is 0 Å². The fraction of sp³-hybridized carbons (Fsp3) is 0. The minimum absolute atomic E-state index is 0.259. The van der Waals surface area contributed by atoms with Crippen LogP contribution in [0.4, 0.5) is 11.4 Å². The fourth-order valence-corrected chi connectivity index (χ4v) is 0.830. The summed E-state index contributed by atoms with van der Waals surface area (Å²) in [6.07, 6.45) is 1.92. The Balaban J connectivity index is 3.43. The van der Waals surface area contributed by atoms with Gasteiger partial charge >= 0.3 is 11.7 Å². The average Bonchev–Trinajstić information content (AvgIpc) is 2.02. The van der Waals surface area contributed by atoms with Gasteiger partial charge in [0.15, 0.2) is 5.56 Å². The minimum Gasteiger partial charge on any atom is -0.477 e. The second-order valence-corrected chi connectivity index (χ2v) is 2.19. The van der Waals surface area contributed by atoms with Crippen LogP contribution in [0.3, 0.4) is 0 Å². The molecule has 0 bridgehead atoms. The summed E-state index contributed by atoms with van der Waals surface area (Å²) in [5.74, 6) is -1.42. The number of rotatable bonds is 2. The molecule has 0 aliphatic heterocycles. The molecular weight excluding hydrogens is 178 g/mol. The Bertz CT molecular complexity index is 376. The molecule has 0 spiro atoms. The molecule has 0 amide bonds. The van der Waals surface area contributed by atoms with E-state index in [-0.39, 0.29) is 5.69 Å². The molecule has 1 heterocycles. The zero-order valence-electron chi connectivity index (χ0n) is 6.30. The Morgan fingerprint density at radius 1 is 1.62 bits per heavy atom. The third kappa shape index (κ3) is 1.53.